The van der Waals surface area contributed by atoms with Crippen LogP contribution < -0.4 is 10.1 Å². The van der Waals surface area contributed by atoms with Crippen LogP contribution >= 0.6 is 12.4 Å². The Bertz CT molecular complexity index is 957. The Kier molecular flexibility index (Phi) is 6.56. The first-order valence-electron chi connectivity index (χ1n) is 9.49. The fourth-order valence-corrected chi connectivity index (χ4v) is 3.51. The molecule has 1 saturated heterocycles. The van der Waals surface area contributed by atoms with Crippen molar-refractivity contribution < 1.29 is 9.53 Å². The molecule has 0 spiro atoms. The predicted molar refractivity (Wildman–Crippen MR) is 116 cm³/mol. The Morgan fingerprint density at radius 2 is 1.86 bits per heavy atom. The van der Waals surface area contributed by atoms with Gasteiger partial charge in [-0.25, -0.2) is 4.68 Å². The molecular weight excluding hydrogens is 388 g/mol. The molecule has 29 heavy (non-hydrogen) atoms. The molecule has 3 aromatic rings. The minimum atomic E-state index is -0.0292. The van der Waals surface area contributed by atoms with Crippen LogP contribution in [0.15, 0.2) is 60.7 Å². The van der Waals surface area contributed by atoms with E-state index in [1.165, 1.54) is 0 Å². The van der Waals surface area contributed by atoms with E-state index >= 15 is 0 Å². The number of benzene rings is 2. The maximum absolute atomic E-state index is 13.1. The van der Waals surface area contributed by atoms with Crippen molar-refractivity contribution in [3.63, 3.8) is 0 Å². The minimum Gasteiger partial charge on any atom is -0.497 e. The third kappa shape index (κ3) is 4.28. The van der Waals surface area contributed by atoms with Gasteiger partial charge in [-0.2, -0.15) is 5.10 Å². The van der Waals surface area contributed by atoms with Crippen molar-refractivity contribution in [2.45, 2.75) is 13.0 Å². The van der Waals surface area contributed by atoms with E-state index in [9.17, 15) is 4.79 Å². The van der Waals surface area contributed by atoms with Crippen LogP contribution in [0.5, 0.6) is 5.75 Å². The van der Waals surface area contributed by atoms with E-state index in [0.29, 0.717) is 12.2 Å². The lowest BCUT2D eigenvalue weighted by Crippen LogP contribution is -2.52. The fourth-order valence-electron chi connectivity index (χ4n) is 3.51. The summed E-state index contributed by atoms with van der Waals surface area (Å²) in [5.74, 6) is 0.763. The molecule has 0 bridgehead atoms. The van der Waals surface area contributed by atoms with Crippen molar-refractivity contribution in [2.75, 3.05) is 26.7 Å². The van der Waals surface area contributed by atoms with Crippen molar-refractivity contribution in [1.82, 2.24) is 20.0 Å². The number of rotatable bonds is 4. The first kappa shape index (κ1) is 20.9. The van der Waals surface area contributed by atoms with E-state index in [1.807, 2.05) is 70.2 Å². The Labute approximate surface area is 176 Å². The molecule has 1 N–H and O–H groups in total. The normalized spacial score (nSPS) is 16.2. The zero-order chi connectivity index (χ0) is 19.5. The van der Waals surface area contributed by atoms with Gasteiger partial charge in [0.2, 0.25) is 0 Å². The van der Waals surface area contributed by atoms with Gasteiger partial charge in [0.05, 0.1) is 18.5 Å². The summed E-state index contributed by atoms with van der Waals surface area (Å²) in [7, 11) is 1.65. The van der Waals surface area contributed by atoms with E-state index in [2.05, 4.69) is 17.3 Å². The number of amides is 1. The number of piperazine rings is 1. The number of nitrogens with zero attached hydrogens (tertiary/aromatic N) is 3. The summed E-state index contributed by atoms with van der Waals surface area (Å²) >= 11 is 0. The number of ether oxygens (including phenoxy) is 1. The molecule has 0 saturated carbocycles. The molecule has 152 valence electrons. The number of carbonyl (C=O) groups excluding carboxylic acids is 1. The van der Waals surface area contributed by atoms with E-state index < -0.39 is 0 Å². The molecule has 2 heterocycles. The summed E-state index contributed by atoms with van der Waals surface area (Å²) in [6.07, 6.45) is 0. The molecule has 1 aromatic heterocycles. The fraction of sp³-hybridized carbons (Fsp3) is 0.273. The second-order valence-electron chi connectivity index (χ2n) is 6.94. The largest absolute Gasteiger partial charge is 0.497 e. The smallest absolute Gasteiger partial charge is 0.274 e. The Hall–Kier alpha value is -2.83. The monoisotopic (exact) mass is 412 g/mol. The van der Waals surface area contributed by atoms with Crippen LogP contribution in [0, 0.1) is 0 Å². The number of carbonyl (C=O) groups is 1. The average molecular weight is 413 g/mol. The molecule has 1 aliphatic heterocycles. The highest BCUT2D eigenvalue weighted by molar-refractivity contribution is 5.94. The van der Waals surface area contributed by atoms with Crippen molar-refractivity contribution in [3.8, 4) is 22.7 Å². The van der Waals surface area contributed by atoms with Crippen LogP contribution in [0.3, 0.4) is 0 Å². The highest BCUT2D eigenvalue weighted by atomic mass is 35.5. The molecule has 0 unspecified atom stereocenters. The number of hydrogen-bond donors (Lipinski definition) is 1. The van der Waals surface area contributed by atoms with Gasteiger partial charge in [0, 0.05) is 31.2 Å². The van der Waals surface area contributed by atoms with Crippen molar-refractivity contribution in [2.24, 2.45) is 0 Å². The third-order valence-corrected chi connectivity index (χ3v) is 5.08. The molecule has 1 fully saturated rings. The summed E-state index contributed by atoms with van der Waals surface area (Å²) in [6, 6.07) is 19.7. The molecule has 1 aliphatic rings. The van der Waals surface area contributed by atoms with Crippen LogP contribution in [0.25, 0.3) is 16.9 Å². The second kappa shape index (κ2) is 9.11. The lowest BCUT2D eigenvalue weighted by Gasteiger charge is -2.33. The van der Waals surface area contributed by atoms with Gasteiger partial charge in [0.25, 0.3) is 5.91 Å². The van der Waals surface area contributed by atoms with Crippen LogP contribution in [0.1, 0.15) is 17.4 Å². The highest BCUT2D eigenvalue weighted by Crippen LogP contribution is 2.27. The van der Waals surface area contributed by atoms with E-state index in [0.717, 1.165) is 35.8 Å². The van der Waals surface area contributed by atoms with Gasteiger partial charge in [-0.05, 0) is 49.4 Å². The topological polar surface area (TPSA) is 59.4 Å². The SMILES string of the molecule is COc1ccc(-c2cc(C(=O)N3CCNC[C@@H]3C)nn2-c2ccccc2)cc1.Cl. The Balaban J connectivity index is 0.00000240. The minimum absolute atomic E-state index is 0. The number of aromatic nitrogens is 2. The molecule has 4 rings (SSSR count). The summed E-state index contributed by atoms with van der Waals surface area (Å²) in [6.45, 7) is 4.36. The predicted octanol–water partition coefficient (Wildman–Crippen LogP) is 3.40. The van der Waals surface area contributed by atoms with Gasteiger partial charge in [-0.1, -0.05) is 18.2 Å². The maximum Gasteiger partial charge on any atom is 0.274 e. The second-order valence-corrected chi connectivity index (χ2v) is 6.94. The quantitative estimate of drug-likeness (QED) is 0.713. The average Bonchev–Trinajstić information content (AvgIpc) is 3.20. The molecular formula is C22H25ClN4O2. The lowest BCUT2D eigenvalue weighted by atomic mass is 10.1. The standard InChI is InChI=1S/C22H24N4O2.ClH/c1-16-15-23-12-13-25(16)22(27)20-14-21(17-8-10-19(28-2)11-9-17)26(24-20)18-6-4-3-5-7-18;/h3-11,14,16,23H,12-13,15H2,1-2H3;1H/t16-;/m0./s1. The van der Waals surface area contributed by atoms with Crippen molar-refractivity contribution >= 4 is 18.3 Å². The van der Waals surface area contributed by atoms with E-state index in [-0.39, 0.29) is 24.4 Å². The summed E-state index contributed by atoms with van der Waals surface area (Å²) in [5.41, 5.74) is 3.23. The Morgan fingerprint density at radius 3 is 2.52 bits per heavy atom. The molecule has 1 amide bonds. The highest BCUT2D eigenvalue weighted by Gasteiger charge is 2.27. The van der Waals surface area contributed by atoms with Crippen LogP contribution in [-0.2, 0) is 0 Å². The van der Waals surface area contributed by atoms with Crippen molar-refractivity contribution in [3.05, 3.63) is 66.4 Å². The molecule has 2 aromatic carbocycles. The maximum atomic E-state index is 13.1. The zero-order valence-electron chi connectivity index (χ0n) is 16.5. The van der Waals surface area contributed by atoms with E-state index in [1.54, 1.807) is 7.11 Å². The summed E-state index contributed by atoms with van der Waals surface area (Å²) in [5, 5.41) is 8.00. The van der Waals surface area contributed by atoms with Crippen LogP contribution in [0.2, 0.25) is 0 Å². The number of hydrogen-bond acceptors (Lipinski definition) is 4. The first-order valence-corrected chi connectivity index (χ1v) is 9.49. The van der Waals surface area contributed by atoms with E-state index in [4.69, 9.17) is 4.74 Å². The van der Waals surface area contributed by atoms with Gasteiger partial charge in [-0.3, -0.25) is 4.79 Å². The van der Waals surface area contributed by atoms with Crippen LogP contribution in [-0.4, -0.2) is 53.4 Å². The first-order chi connectivity index (χ1) is 13.7. The third-order valence-electron chi connectivity index (χ3n) is 5.08. The van der Waals surface area contributed by atoms with Gasteiger partial charge < -0.3 is 15.0 Å². The number of halogens is 1. The Morgan fingerprint density at radius 1 is 1.14 bits per heavy atom. The van der Waals surface area contributed by atoms with Crippen LogP contribution in [0.4, 0.5) is 0 Å². The molecule has 0 aliphatic carbocycles. The lowest BCUT2D eigenvalue weighted by molar-refractivity contribution is 0.0649. The molecule has 6 nitrogen and oxygen atoms in total. The molecule has 7 heteroatoms. The van der Waals surface area contributed by atoms with Gasteiger partial charge in [0.1, 0.15) is 5.75 Å². The molecule has 1 atom stereocenters. The van der Waals surface area contributed by atoms with Crippen molar-refractivity contribution in [1.29, 1.82) is 0 Å². The number of para-hydroxylation sites is 1. The number of methoxy groups -OCH3 is 1. The summed E-state index contributed by atoms with van der Waals surface area (Å²) < 4.78 is 7.10. The van der Waals surface area contributed by atoms with Gasteiger partial charge in [-0.15, -0.1) is 12.4 Å². The number of nitrogens with one attached hydrogen (secondary N) is 1. The van der Waals surface area contributed by atoms with Gasteiger partial charge >= 0.3 is 0 Å². The van der Waals surface area contributed by atoms with Gasteiger partial charge in [0.15, 0.2) is 5.69 Å². The molecule has 0 radical (unpaired) electrons. The zero-order valence-corrected chi connectivity index (χ0v) is 17.4. The summed E-state index contributed by atoms with van der Waals surface area (Å²) in [4.78, 5) is 15.0.